The fourth-order valence-electron chi connectivity index (χ4n) is 6.42. The number of imidazole rings is 1. The summed E-state index contributed by atoms with van der Waals surface area (Å²) in [5, 5.41) is 10.8. The number of benzene rings is 5. The summed E-state index contributed by atoms with van der Waals surface area (Å²) < 4.78 is 45.5. The summed E-state index contributed by atoms with van der Waals surface area (Å²) in [6.07, 6.45) is 0. The van der Waals surface area contributed by atoms with E-state index in [2.05, 4.69) is 12.1 Å². The quantitative estimate of drug-likeness (QED) is 0.193. The van der Waals surface area contributed by atoms with Crippen molar-refractivity contribution in [3.8, 4) is 56.5 Å². The zero-order valence-corrected chi connectivity index (χ0v) is 26.9. The topological polar surface area (TPSA) is 50.9 Å². The van der Waals surface area contributed by atoms with Crippen LogP contribution in [0.15, 0.2) is 127 Å². The first-order valence-corrected chi connectivity index (χ1v) is 15.7. The second kappa shape index (κ2) is 12.4. The van der Waals surface area contributed by atoms with Crippen molar-refractivity contribution in [2.75, 3.05) is 0 Å². The Hall–Kier alpha value is -5.48. The van der Waals surface area contributed by atoms with Crippen LogP contribution in [0.4, 0.5) is 0 Å². The van der Waals surface area contributed by atoms with E-state index >= 15 is 0 Å². The smallest absolute Gasteiger partial charge is 0.145 e. The Labute approximate surface area is 284 Å². The van der Waals surface area contributed by atoms with E-state index < -0.39 is 18.6 Å². The van der Waals surface area contributed by atoms with Crippen molar-refractivity contribution < 1.29 is 12.0 Å². The van der Waals surface area contributed by atoms with Gasteiger partial charge >= 0.3 is 0 Å². The Balaban J connectivity index is 1.53. The number of aryl methyl sites for hydroxylation is 1. The van der Waals surface area contributed by atoms with Crippen molar-refractivity contribution in [1.29, 1.82) is 0 Å². The molecule has 0 aliphatic rings. The second-order valence-electron chi connectivity index (χ2n) is 12.1. The van der Waals surface area contributed by atoms with Crippen LogP contribution in [0.3, 0.4) is 0 Å². The molecule has 0 amide bonds. The number of aromatic hydroxyl groups is 1. The van der Waals surface area contributed by atoms with Gasteiger partial charge in [-0.05, 0) is 77.4 Å². The molecule has 232 valence electrons. The molecule has 5 aromatic carbocycles. The SMILES string of the molecule is [2H]C(C)(C)c1cccc(C([2H])(C)C([2H])([2H])[2H])c1-n1c(-c2cccc(-c3nc(-c4ccccc4O)cc(C)c3-c3ccccc3)c2)nc2ccccc21. The number of hydrogen-bond donors (Lipinski definition) is 1. The number of phenols is 1. The maximum absolute atomic E-state index is 10.8. The number of rotatable bonds is 7. The molecule has 0 radical (unpaired) electrons. The molecule has 1 unspecified atom stereocenters. The van der Waals surface area contributed by atoms with Crippen molar-refractivity contribution in [3.05, 3.63) is 144 Å². The minimum atomic E-state index is -2.65. The Bertz CT molecular complexity index is 2440. The van der Waals surface area contributed by atoms with Crippen LogP contribution in [0.2, 0.25) is 0 Å². The minimum absolute atomic E-state index is 0.139. The first-order valence-electron chi connectivity index (χ1n) is 18.2. The molecule has 1 N–H and O–H groups in total. The lowest BCUT2D eigenvalue weighted by molar-refractivity contribution is 0.477. The van der Waals surface area contributed by atoms with Crippen molar-refractivity contribution in [1.82, 2.24) is 14.5 Å². The maximum atomic E-state index is 10.8. The monoisotopic (exact) mass is 618 g/mol. The van der Waals surface area contributed by atoms with Gasteiger partial charge in [0.05, 0.1) is 28.1 Å². The third-order valence-electron chi connectivity index (χ3n) is 8.62. The van der Waals surface area contributed by atoms with Crippen LogP contribution in [0.1, 0.15) is 63.0 Å². The molecule has 0 bridgehead atoms. The summed E-state index contributed by atoms with van der Waals surface area (Å²) in [5.41, 5.74) is 9.22. The summed E-state index contributed by atoms with van der Waals surface area (Å²) in [6.45, 7) is 4.34. The molecule has 2 aromatic heterocycles. The second-order valence-corrected chi connectivity index (χ2v) is 12.1. The zero-order chi connectivity index (χ0) is 37.0. The standard InChI is InChI=1S/C43H39N3O/c1-27(2)33-20-14-21-34(28(3)4)42(33)46-38-23-11-10-22-36(38)45-43(46)32-18-13-17-31(26-32)41-40(30-15-7-6-8-16-30)29(5)25-37(44-41)35-19-9-12-24-39(35)47/h6-28,47H,1-5H3/i1D3,27D,28D. The van der Waals surface area contributed by atoms with E-state index in [-0.39, 0.29) is 11.3 Å². The van der Waals surface area contributed by atoms with Gasteiger partial charge in [0.1, 0.15) is 11.6 Å². The zero-order valence-electron chi connectivity index (χ0n) is 31.9. The Morgan fingerprint density at radius 2 is 1.34 bits per heavy atom. The average Bonchev–Trinajstić information content (AvgIpc) is 3.50. The highest BCUT2D eigenvalue weighted by Gasteiger charge is 2.23. The largest absolute Gasteiger partial charge is 0.507 e. The first-order chi connectivity index (χ1) is 24.7. The lowest BCUT2D eigenvalue weighted by Gasteiger charge is -2.22. The van der Waals surface area contributed by atoms with E-state index in [0.717, 1.165) is 39.0 Å². The predicted molar refractivity (Wildman–Crippen MR) is 195 cm³/mol. The molecule has 47 heavy (non-hydrogen) atoms. The highest BCUT2D eigenvalue weighted by molar-refractivity contribution is 5.89. The average molecular weight is 619 g/mol. The maximum Gasteiger partial charge on any atom is 0.145 e. The molecule has 4 heteroatoms. The number of phenolic OH excluding ortho intramolecular Hbond substituents is 1. The number of hydrogen-bond acceptors (Lipinski definition) is 3. The molecular formula is C43H39N3O. The van der Waals surface area contributed by atoms with Crippen LogP contribution < -0.4 is 0 Å². The van der Waals surface area contributed by atoms with Crippen LogP contribution in [-0.4, -0.2) is 19.6 Å². The first kappa shape index (κ1) is 24.7. The molecule has 4 nitrogen and oxygen atoms in total. The number of fused-ring (bicyclic) bond motifs is 1. The minimum Gasteiger partial charge on any atom is -0.507 e. The summed E-state index contributed by atoms with van der Waals surface area (Å²) in [4.78, 5) is 10.3. The van der Waals surface area contributed by atoms with E-state index in [9.17, 15) is 7.85 Å². The highest BCUT2D eigenvalue weighted by Crippen LogP contribution is 2.41. The van der Waals surface area contributed by atoms with Gasteiger partial charge in [-0.1, -0.05) is 119 Å². The molecule has 0 aliphatic carbocycles. The molecular weight excluding hydrogens is 574 g/mol. The molecule has 0 fully saturated rings. The van der Waals surface area contributed by atoms with Gasteiger partial charge < -0.3 is 5.11 Å². The van der Waals surface area contributed by atoms with Crippen molar-refractivity contribution in [3.63, 3.8) is 0 Å². The van der Waals surface area contributed by atoms with Gasteiger partial charge in [0.25, 0.3) is 0 Å². The van der Waals surface area contributed by atoms with E-state index in [1.807, 2.05) is 102 Å². The van der Waals surface area contributed by atoms with Gasteiger partial charge in [-0.25, -0.2) is 9.97 Å². The van der Waals surface area contributed by atoms with Crippen LogP contribution in [0.25, 0.3) is 61.8 Å². The number of aromatic nitrogens is 3. The van der Waals surface area contributed by atoms with Crippen molar-refractivity contribution in [2.45, 2.75) is 46.3 Å². The summed E-state index contributed by atoms with van der Waals surface area (Å²) in [7, 11) is 0. The van der Waals surface area contributed by atoms with Crippen LogP contribution in [0, 0.1) is 6.92 Å². The lowest BCUT2D eigenvalue weighted by atomic mass is 9.92. The highest BCUT2D eigenvalue weighted by atomic mass is 16.3. The van der Waals surface area contributed by atoms with Gasteiger partial charge in [0, 0.05) is 29.1 Å². The molecule has 0 saturated carbocycles. The predicted octanol–water partition coefficient (Wildman–Crippen LogP) is 11.3. The fraction of sp³-hybridized carbons (Fsp3) is 0.163. The molecule has 7 rings (SSSR count). The molecule has 0 spiro atoms. The molecule has 0 saturated heterocycles. The van der Waals surface area contributed by atoms with Gasteiger partial charge in [-0.15, -0.1) is 0 Å². The van der Waals surface area contributed by atoms with E-state index in [0.29, 0.717) is 33.8 Å². The van der Waals surface area contributed by atoms with E-state index in [1.54, 1.807) is 38.1 Å². The third-order valence-corrected chi connectivity index (χ3v) is 8.62. The Kier molecular flexibility index (Phi) is 6.51. The van der Waals surface area contributed by atoms with Crippen LogP contribution >= 0.6 is 0 Å². The molecule has 1 atom stereocenters. The molecule has 0 aliphatic heterocycles. The Morgan fingerprint density at radius 1 is 0.681 bits per heavy atom. The number of para-hydroxylation sites is 4. The lowest BCUT2D eigenvalue weighted by Crippen LogP contribution is -2.08. The van der Waals surface area contributed by atoms with Crippen LogP contribution in [0.5, 0.6) is 5.75 Å². The number of pyridine rings is 1. The van der Waals surface area contributed by atoms with Gasteiger partial charge in [0.15, 0.2) is 0 Å². The molecule has 2 heterocycles. The summed E-state index contributed by atoms with van der Waals surface area (Å²) in [6, 6.07) is 40.1. The fourth-order valence-corrected chi connectivity index (χ4v) is 6.42. The summed E-state index contributed by atoms with van der Waals surface area (Å²) in [5.74, 6) is -2.46. The van der Waals surface area contributed by atoms with Crippen molar-refractivity contribution in [2.24, 2.45) is 0 Å². The Morgan fingerprint density at radius 3 is 2.11 bits per heavy atom. The summed E-state index contributed by atoms with van der Waals surface area (Å²) >= 11 is 0. The van der Waals surface area contributed by atoms with Crippen molar-refractivity contribution >= 4 is 11.0 Å². The van der Waals surface area contributed by atoms with E-state index in [1.165, 1.54) is 6.92 Å². The molecule has 7 aromatic rings. The number of nitrogens with zero attached hydrogens (tertiary/aromatic N) is 3. The van der Waals surface area contributed by atoms with Gasteiger partial charge in [-0.3, -0.25) is 4.57 Å². The van der Waals surface area contributed by atoms with Gasteiger partial charge in [-0.2, -0.15) is 0 Å². The third kappa shape index (κ3) is 5.50. The van der Waals surface area contributed by atoms with Crippen LogP contribution in [-0.2, 0) is 0 Å². The van der Waals surface area contributed by atoms with E-state index in [4.69, 9.17) is 14.1 Å². The van der Waals surface area contributed by atoms with Gasteiger partial charge in [0.2, 0.25) is 0 Å². The normalized spacial score (nSPS) is 14.9.